The quantitative estimate of drug-likeness (QED) is 0.368. The van der Waals surface area contributed by atoms with Crippen LogP contribution in [-0.2, 0) is 9.53 Å². The lowest BCUT2D eigenvalue weighted by Gasteiger charge is -2.34. The third kappa shape index (κ3) is 8.00. The van der Waals surface area contributed by atoms with Crippen LogP contribution in [0.25, 0.3) is 5.65 Å². The lowest BCUT2D eigenvalue weighted by Crippen LogP contribution is -2.42. The van der Waals surface area contributed by atoms with Crippen LogP contribution >= 0.6 is 0 Å². The number of nitrogens with one attached hydrogen (secondary N) is 2. The molecule has 2 saturated carbocycles. The van der Waals surface area contributed by atoms with Crippen molar-refractivity contribution in [3.8, 4) is 0 Å². The SMILES string of the molecule is CC(C)(C)OC(=O)N[C@H](c1cn2ncc(C(NC(=O)CC3CC(F)(F)C3)C(F)(F)F)cc2n1)C1CCC(F)(F)CC1. The fraction of sp³-hybridized carbons (Fsp3) is 0.692. The summed E-state index contributed by atoms with van der Waals surface area (Å²) < 4.78 is 102. The summed E-state index contributed by atoms with van der Waals surface area (Å²) in [4.78, 5) is 29.2. The van der Waals surface area contributed by atoms with E-state index in [1.807, 2.05) is 5.32 Å². The number of rotatable bonds is 7. The van der Waals surface area contributed by atoms with Crippen LogP contribution in [0.4, 0.5) is 35.5 Å². The van der Waals surface area contributed by atoms with Crippen molar-refractivity contribution in [1.29, 1.82) is 0 Å². The average molecular weight is 596 g/mol. The van der Waals surface area contributed by atoms with Gasteiger partial charge in [-0.2, -0.15) is 18.3 Å². The Bertz CT molecular complexity index is 1260. The van der Waals surface area contributed by atoms with Crippen LogP contribution in [-0.4, -0.2) is 50.2 Å². The molecule has 15 heteroatoms. The second-order valence-corrected chi connectivity index (χ2v) is 12.0. The minimum atomic E-state index is -4.93. The molecule has 2 aliphatic carbocycles. The van der Waals surface area contributed by atoms with Crippen molar-refractivity contribution in [3.63, 3.8) is 0 Å². The number of alkyl halides is 7. The van der Waals surface area contributed by atoms with E-state index >= 15 is 0 Å². The number of amides is 2. The van der Waals surface area contributed by atoms with Crippen LogP contribution in [0, 0.1) is 11.8 Å². The molecule has 0 aromatic carbocycles. The van der Waals surface area contributed by atoms with Crippen LogP contribution in [0.1, 0.15) is 89.1 Å². The van der Waals surface area contributed by atoms with Crippen LogP contribution in [0.15, 0.2) is 18.5 Å². The van der Waals surface area contributed by atoms with Crippen molar-refractivity contribution in [3.05, 3.63) is 29.7 Å². The van der Waals surface area contributed by atoms with Gasteiger partial charge in [0.1, 0.15) is 5.60 Å². The number of nitrogens with zero attached hydrogens (tertiary/aromatic N) is 3. The second kappa shape index (κ2) is 10.9. The Labute approximate surface area is 231 Å². The molecule has 2 amide bonds. The Kier molecular flexibility index (Phi) is 8.22. The summed E-state index contributed by atoms with van der Waals surface area (Å²) in [6.07, 6.45) is -5.71. The first-order chi connectivity index (χ1) is 18.8. The molecule has 0 saturated heterocycles. The standard InChI is InChI=1S/C26H32F7N5O3/c1-23(2,3)41-22(40)37-20(15-4-6-24(27,28)7-5-15)17-13-38-18(35-17)9-16(12-34-38)21(26(31,32)33)36-19(39)8-14-10-25(29,30)11-14/h9,12-15,20-21H,4-8,10-11H2,1-3H3,(H,36,39)(H,37,40)/t20-,21?/m0/s1. The molecule has 2 aromatic rings. The van der Waals surface area contributed by atoms with E-state index < -0.39 is 97.2 Å². The molecule has 0 spiro atoms. The molecule has 2 aromatic heterocycles. The van der Waals surface area contributed by atoms with Gasteiger partial charge in [0.15, 0.2) is 11.7 Å². The first-order valence-corrected chi connectivity index (χ1v) is 13.3. The average Bonchev–Trinajstić information content (AvgIpc) is 3.21. The number of aromatic nitrogens is 3. The van der Waals surface area contributed by atoms with Crippen molar-refractivity contribution < 1.29 is 45.1 Å². The molecule has 2 heterocycles. The van der Waals surface area contributed by atoms with Crippen molar-refractivity contribution in [2.75, 3.05) is 0 Å². The van der Waals surface area contributed by atoms with Gasteiger partial charge >= 0.3 is 12.3 Å². The monoisotopic (exact) mass is 595 g/mol. The maximum atomic E-state index is 13.9. The molecule has 0 bridgehead atoms. The smallest absolute Gasteiger partial charge is 0.412 e. The maximum Gasteiger partial charge on any atom is 0.412 e. The summed E-state index contributed by atoms with van der Waals surface area (Å²) >= 11 is 0. The Balaban J connectivity index is 1.57. The molecule has 8 nitrogen and oxygen atoms in total. The predicted octanol–water partition coefficient (Wildman–Crippen LogP) is 6.28. The fourth-order valence-corrected chi connectivity index (χ4v) is 5.25. The van der Waals surface area contributed by atoms with E-state index in [2.05, 4.69) is 15.4 Å². The number of imidazole rings is 1. The van der Waals surface area contributed by atoms with E-state index in [1.54, 1.807) is 20.8 Å². The minimum absolute atomic E-state index is 0.0447. The molecule has 41 heavy (non-hydrogen) atoms. The number of carbonyl (C=O) groups excluding carboxylic acids is 2. The van der Waals surface area contributed by atoms with Gasteiger partial charge in [0.05, 0.1) is 24.1 Å². The predicted molar refractivity (Wildman–Crippen MR) is 131 cm³/mol. The van der Waals surface area contributed by atoms with Crippen molar-refractivity contribution in [2.45, 2.75) is 101 Å². The van der Waals surface area contributed by atoms with Crippen molar-refractivity contribution in [1.82, 2.24) is 25.2 Å². The molecule has 2 atom stereocenters. The van der Waals surface area contributed by atoms with Crippen LogP contribution in [0.3, 0.4) is 0 Å². The molecule has 2 fully saturated rings. The highest BCUT2D eigenvalue weighted by Gasteiger charge is 2.47. The normalized spacial score (nSPS) is 21.1. The zero-order chi connectivity index (χ0) is 30.4. The van der Waals surface area contributed by atoms with Gasteiger partial charge in [0, 0.05) is 37.7 Å². The summed E-state index contributed by atoms with van der Waals surface area (Å²) in [6.45, 7) is 4.95. The van der Waals surface area contributed by atoms with Gasteiger partial charge < -0.3 is 15.4 Å². The molecule has 228 valence electrons. The number of carbonyl (C=O) groups is 2. The van der Waals surface area contributed by atoms with Gasteiger partial charge in [-0.3, -0.25) is 4.79 Å². The van der Waals surface area contributed by atoms with Crippen molar-refractivity contribution in [2.24, 2.45) is 11.8 Å². The van der Waals surface area contributed by atoms with Crippen molar-refractivity contribution >= 4 is 17.6 Å². The molecule has 4 rings (SSSR count). The zero-order valence-corrected chi connectivity index (χ0v) is 22.7. The fourth-order valence-electron chi connectivity index (χ4n) is 5.25. The largest absolute Gasteiger partial charge is 0.444 e. The molecular weight excluding hydrogens is 563 g/mol. The summed E-state index contributed by atoms with van der Waals surface area (Å²) in [7, 11) is 0. The first-order valence-electron chi connectivity index (χ1n) is 13.3. The highest BCUT2D eigenvalue weighted by Crippen LogP contribution is 2.44. The highest BCUT2D eigenvalue weighted by atomic mass is 19.4. The van der Waals surface area contributed by atoms with Gasteiger partial charge in [-0.05, 0) is 51.5 Å². The van der Waals surface area contributed by atoms with Crippen LogP contribution < -0.4 is 10.6 Å². The third-order valence-corrected chi connectivity index (χ3v) is 7.20. The van der Waals surface area contributed by atoms with Gasteiger partial charge in [-0.25, -0.2) is 31.9 Å². The Morgan fingerprint density at radius 3 is 2.27 bits per heavy atom. The van der Waals surface area contributed by atoms with E-state index in [4.69, 9.17) is 4.74 Å². The second-order valence-electron chi connectivity index (χ2n) is 12.0. The maximum absolute atomic E-state index is 13.9. The molecule has 0 aliphatic heterocycles. The van der Waals surface area contributed by atoms with E-state index in [-0.39, 0.29) is 24.2 Å². The van der Waals surface area contributed by atoms with Crippen LogP contribution in [0.5, 0.6) is 0 Å². The Hall–Kier alpha value is -3.13. The van der Waals surface area contributed by atoms with Crippen LogP contribution in [0.2, 0.25) is 0 Å². The van der Waals surface area contributed by atoms with E-state index in [1.165, 1.54) is 10.7 Å². The lowest BCUT2D eigenvalue weighted by atomic mass is 9.79. The molecule has 0 radical (unpaired) electrons. The Morgan fingerprint density at radius 2 is 1.71 bits per heavy atom. The lowest BCUT2D eigenvalue weighted by molar-refractivity contribution is -0.165. The summed E-state index contributed by atoms with van der Waals surface area (Å²) in [5, 5.41) is 8.52. The van der Waals surface area contributed by atoms with E-state index in [9.17, 15) is 40.3 Å². The molecule has 2 aliphatic rings. The first kappa shape index (κ1) is 30.8. The number of hydrogen-bond acceptors (Lipinski definition) is 5. The highest BCUT2D eigenvalue weighted by molar-refractivity contribution is 5.77. The van der Waals surface area contributed by atoms with E-state index in [0.29, 0.717) is 0 Å². The summed E-state index contributed by atoms with van der Waals surface area (Å²) in [6, 6.07) is -2.29. The molecular formula is C26H32F7N5O3. The topological polar surface area (TPSA) is 97.6 Å². The number of ether oxygens (including phenoxy) is 1. The van der Waals surface area contributed by atoms with Gasteiger partial charge in [0.2, 0.25) is 17.8 Å². The van der Waals surface area contributed by atoms with E-state index in [0.717, 1.165) is 12.3 Å². The number of hydrogen-bond donors (Lipinski definition) is 2. The summed E-state index contributed by atoms with van der Waals surface area (Å²) in [5.41, 5.74) is -1.14. The van der Waals surface area contributed by atoms with Gasteiger partial charge in [-0.1, -0.05) is 0 Å². The zero-order valence-electron chi connectivity index (χ0n) is 22.7. The Morgan fingerprint density at radius 1 is 1.07 bits per heavy atom. The summed E-state index contributed by atoms with van der Waals surface area (Å²) in [5.74, 6) is -7.92. The molecule has 1 unspecified atom stereocenters. The number of halogens is 7. The molecule has 2 N–H and O–H groups in total. The number of alkyl carbamates (subject to hydrolysis) is 1. The third-order valence-electron chi connectivity index (χ3n) is 7.20. The minimum Gasteiger partial charge on any atom is -0.444 e. The van der Waals surface area contributed by atoms with Gasteiger partial charge in [-0.15, -0.1) is 0 Å². The van der Waals surface area contributed by atoms with Gasteiger partial charge in [0.25, 0.3) is 0 Å². The number of fused-ring (bicyclic) bond motifs is 1.